The Labute approximate surface area is 155 Å². The Balaban J connectivity index is 1.69. The number of carbonyl (C=O) groups excluding carboxylic acids is 1. The van der Waals surface area contributed by atoms with Gasteiger partial charge in [-0.15, -0.1) is 0 Å². The average molecular weight is 372 g/mol. The first kappa shape index (κ1) is 18.5. The Bertz CT molecular complexity index is 879. The number of fused-ring (bicyclic) bond motifs is 1. The van der Waals surface area contributed by atoms with Crippen LogP contribution in [0.4, 0.5) is 5.69 Å². The SMILES string of the molecule is CCS(=O)(=O)N1CCCc2cc(C(=O)NCCc3ccccc3)ccc21. The molecule has 1 aliphatic heterocycles. The van der Waals surface area contributed by atoms with Crippen LogP contribution in [0.25, 0.3) is 0 Å². The second kappa shape index (κ2) is 7.91. The third-order valence-corrected chi connectivity index (χ3v) is 6.44. The number of nitrogens with zero attached hydrogens (tertiary/aromatic N) is 1. The average Bonchev–Trinajstić information content (AvgIpc) is 2.67. The Morgan fingerprint density at radius 1 is 1.15 bits per heavy atom. The van der Waals surface area contributed by atoms with Gasteiger partial charge in [0.05, 0.1) is 11.4 Å². The smallest absolute Gasteiger partial charge is 0.251 e. The molecule has 6 heteroatoms. The van der Waals surface area contributed by atoms with E-state index in [4.69, 9.17) is 0 Å². The molecule has 2 aromatic carbocycles. The summed E-state index contributed by atoms with van der Waals surface area (Å²) in [4.78, 5) is 12.4. The minimum atomic E-state index is -3.28. The van der Waals surface area contributed by atoms with E-state index in [-0.39, 0.29) is 11.7 Å². The van der Waals surface area contributed by atoms with Crippen molar-refractivity contribution in [2.45, 2.75) is 26.2 Å². The van der Waals surface area contributed by atoms with Crippen LogP contribution in [-0.4, -0.2) is 33.2 Å². The first-order valence-electron chi connectivity index (χ1n) is 8.97. The highest BCUT2D eigenvalue weighted by Crippen LogP contribution is 2.30. The molecule has 1 amide bonds. The van der Waals surface area contributed by atoms with Crippen LogP contribution in [0.1, 0.15) is 34.8 Å². The number of carbonyl (C=O) groups is 1. The summed E-state index contributed by atoms with van der Waals surface area (Å²) in [6.07, 6.45) is 2.33. The van der Waals surface area contributed by atoms with Crippen molar-refractivity contribution < 1.29 is 13.2 Å². The molecule has 0 aliphatic carbocycles. The van der Waals surface area contributed by atoms with Gasteiger partial charge >= 0.3 is 0 Å². The predicted molar refractivity (Wildman–Crippen MR) is 104 cm³/mol. The van der Waals surface area contributed by atoms with E-state index in [9.17, 15) is 13.2 Å². The standard InChI is InChI=1S/C20H24N2O3S/c1-2-26(24,25)22-14-6-9-17-15-18(10-11-19(17)22)20(23)21-13-12-16-7-4-3-5-8-16/h3-5,7-8,10-11,15H,2,6,9,12-14H2,1H3,(H,21,23). The maximum Gasteiger partial charge on any atom is 0.251 e. The quantitative estimate of drug-likeness (QED) is 0.848. The minimum Gasteiger partial charge on any atom is -0.352 e. The molecule has 5 nitrogen and oxygen atoms in total. The molecule has 0 saturated carbocycles. The highest BCUT2D eigenvalue weighted by molar-refractivity contribution is 7.92. The lowest BCUT2D eigenvalue weighted by molar-refractivity contribution is 0.0954. The second-order valence-corrected chi connectivity index (χ2v) is 8.59. The molecule has 2 aromatic rings. The summed E-state index contributed by atoms with van der Waals surface area (Å²) in [6, 6.07) is 15.3. The van der Waals surface area contributed by atoms with Gasteiger partial charge in [-0.3, -0.25) is 9.10 Å². The van der Waals surface area contributed by atoms with Gasteiger partial charge in [0.15, 0.2) is 0 Å². The third-order valence-electron chi connectivity index (χ3n) is 4.66. The fraction of sp³-hybridized carbons (Fsp3) is 0.350. The van der Waals surface area contributed by atoms with Crippen molar-refractivity contribution in [3.8, 4) is 0 Å². The van der Waals surface area contributed by atoms with E-state index in [1.165, 1.54) is 9.87 Å². The summed E-state index contributed by atoms with van der Waals surface area (Å²) in [5.41, 5.74) is 3.38. The van der Waals surface area contributed by atoms with Crippen molar-refractivity contribution in [1.82, 2.24) is 5.32 Å². The Hall–Kier alpha value is -2.34. The molecule has 0 saturated heterocycles. The van der Waals surface area contributed by atoms with Crippen LogP contribution < -0.4 is 9.62 Å². The van der Waals surface area contributed by atoms with Gasteiger partial charge in [-0.05, 0) is 55.5 Å². The maximum absolute atomic E-state index is 12.4. The zero-order chi connectivity index (χ0) is 18.6. The monoisotopic (exact) mass is 372 g/mol. The van der Waals surface area contributed by atoms with E-state index in [0.717, 1.165) is 24.8 Å². The fourth-order valence-corrected chi connectivity index (χ4v) is 4.41. The molecule has 3 rings (SSSR count). The van der Waals surface area contributed by atoms with E-state index in [1.807, 2.05) is 36.4 Å². The number of nitrogens with one attached hydrogen (secondary N) is 1. The molecule has 0 fully saturated rings. The molecule has 0 aromatic heterocycles. The molecule has 0 unspecified atom stereocenters. The highest BCUT2D eigenvalue weighted by atomic mass is 32.2. The molecule has 1 aliphatic rings. The molecule has 0 radical (unpaired) electrons. The van der Waals surface area contributed by atoms with Gasteiger partial charge in [-0.1, -0.05) is 30.3 Å². The van der Waals surface area contributed by atoms with Gasteiger partial charge in [0.25, 0.3) is 5.91 Å². The molecule has 26 heavy (non-hydrogen) atoms. The summed E-state index contributed by atoms with van der Waals surface area (Å²) in [7, 11) is -3.28. The number of hydrogen-bond acceptors (Lipinski definition) is 3. The Morgan fingerprint density at radius 3 is 2.65 bits per heavy atom. The van der Waals surface area contributed by atoms with Crippen molar-refractivity contribution in [2.24, 2.45) is 0 Å². The zero-order valence-corrected chi connectivity index (χ0v) is 15.8. The number of anilines is 1. The van der Waals surface area contributed by atoms with Crippen molar-refractivity contribution >= 4 is 21.6 Å². The lowest BCUT2D eigenvalue weighted by Crippen LogP contribution is -2.36. The number of rotatable bonds is 6. The van der Waals surface area contributed by atoms with Crippen LogP contribution in [-0.2, 0) is 22.9 Å². The van der Waals surface area contributed by atoms with Gasteiger partial charge in [0.1, 0.15) is 0 Å². The van der Waals surface area contributed by atoms with Gasteiger partial charge in [0.2, 0.25) is 10.0 Å². The van der Waals surface area contributed by atoms with E-state index in [1.54, 1.807) is 19.1 Å². The molecule has 0 spiro atoms. The van der Waals surface area contributed by atoms with Gasteiger partial charge in [0, 0.05) is 18.7 Å². The largest absolute Gasteiger partial charge is 0.352 e. The van der Waals surface area contributed by atoms with E-state index in [2.05, 4.69) is 5.32 Å². The first-order valence-corrected chi connectivity index (χ1v) is 10.6. The van der Waals surface area contributed by atoms with E-state index >= 15 is 0 Å². The fourth-order valence-electron chi connectivity index (χ4n) is 3.22. The van der Waals surface area contributed by atoms with Crippen LogP contribution >= 0.6 is 0 Å². The third kappa shape index (κ3) is 4.07. The lowest BCUT2D eigenvalue weighted by atomic mass is 10.0. The van der Waals surface area contributed by atoms with Gasteiger partial charge < -0.3 is 5.32 Å². The second-order valence-electron chi connectivity index (χ2n) is 6.41. The number of aryl methyl sites for hydroxylation is 1. The molecule has 0 atom stereocenters. The minimum absolute atomic E-state index is 0.0775. The van der Waals surface area contributed by atoms with Crippen molar-refractivity contribution in [3.05, 3.63) is 65.2 Å². The number of benzene rings is 2. The van der Waals surface area contributed by atoms with Crippen LogP contribution in [0.2, 0.25) is 0 Å². The van der Waals surface area contributed by atoms with Gasteiger partial charge in [-0.2, -0.15) is 0 Å². The van der Waals surface area contributed by atoms with Crippen molar-refractivity contribution in [3.63, 3.8) is 0 Å². The van der Waals surface area contributed by atoms with Crippen LogP contribution in [0.5, 0.6) is 0 Å². The van der Waals surface area contributed by atoms with Crippen LogP contribution in [0.3, 0.4) is 0 Å². The van der Waals surface area contributed by atoms with E-state index < -0.39 is 10.0 Å². The van der Waals surface area contributed by atoms with Crippen LogP contribution in [0.15, 0.2) is 48.5 Å². The topological polar surface area (TPSA) is 66.5 Å². The zero-order valence-electron chi connectivity index (χ0n) is 14.9. The van der Waals surface area contributed by atoms with Crippen molar-refractivity contribution in [1.29, 1.82) is 0 Å². The summed E-state index contributed by atoms with van der Waals surface area (Å²) >= 11 is 0. The number of hydrogen-bond donors (Lipinski definition) is 1. The lowest BCUT2D eigenvalue weighted by Gasteiger charge is -2.30. The number of amides is 1. The molecular weight excluding hydrogens is 348 g/mol. The summed E-state index contributed by atoms with van der Waals surface area (Å²) in [5, 5.41) is 2.94. The Morgan fingerprint density at radius 2 is 1.92 bits per heavy atom. The van der Waals surface area contributed by atoms with Gasteiger partial charge in [-0.25, -0.2) is 8.42 Å². The highest BCUT2D eigenvalue weighted by Gasteiger charge is 2.26. The first-order chi connectivity index (χ1) is 12.5. The Kier molecular flexibility index (Phi) is 5.61. The maximum atomic E-state index is 12.4. The summed E-state index contributed by atoms with van der Waals surface area (Å²) in [5.74, 6) is -0.0482. The normalized spacial score (nSPS) is 14.0. The predicted octanol–water partition coefficient (Wildman–Crippen LogP) is 2.76. The van der Waals surface area contributed by atoms with Crippen LogP contribution in [0, 0.1) is 0 Å². The molecule has 1 heterocycles. The van der Waals surface area contributed by atoms with E-state index in [0.29, 0.717) is 24.3 Å². The molecule has 0 bridgehead atoms. The molecular formula is C20H24N2O3S. The number of sulfonamides is 1. The molecule has 138 valence electrons. The summed E-state index contributed by atoms with van der Waals surface area (Å²) < 4.78 is 26.0. The molecule has 1 N–H and O–H groups in total. The van der Waals surface area contributed by atoms with Crippen molar-refractivity contribution in [2.75, 3.05) is 23.1 Å². The summed E-state index contributed by atoms with van der Waals surface area (Å²) in [6.45, 7) is 2.72.